The summed E-state index contributed by atoms with van der Waals surface area (Å²) in [5.74, 6) is 0. The predicted molar refractivity (Wildman–Crippen MR) is 101 cm³/mol. The van der Waals surface area contributed by atoms with Gasteiger partial charge in [-0.25, -0.2) is 4.98 Å². The predicted octanol–water partition coefficient (Wildman–Crippen LogP) is 5.87. The Bertz CT molecular complexity index is 792. The van der Waals surface area contributed by atoms with Gasteiger partial charge in [-0.05, 0) is 36.6 Å². The summed E-state index contributed by atoms with van der Waals surface area (Å²) in [7, 11) is 0. The second kappa shape index (κ2) is 7.45. The second-order valence-corrected chi connectivity index (χ2v) is 6.41. The van der Waals surface area contributed by atoms with E-state index in [2.05, 4.69) is 31.2 Å². The average molecular weight is 306 g/mol. The van der Waals surface area contributed by atoms with Crippen LogP contribution in [0.15, 0.2) is 42.5 Å². The Hall–Kier alpha value is -2.09. The molecule has 0 saturated heterocycles. The van der Waals surface area contributed by atoms with Crippen molar-refractivity contribution in [2.24, 2.45) is 0 Å². The second-order valence-electron chi connectivity index (χ2n) is 6.41. The van der Waals surface area contributed by atoms with E-state index in [1.54, 1.807) is 0 Å². The number of benzene rings is 2. The number of anilines is 1. The lowest BCUT2D eigenvalue weighted by Crippen LogP contribution is -1.94. The number of aryl methyl sites for hydroxylation is 1. The fraction of sp³-hybridized carbons (Fsp3) is 0.381. The summed E-state index contributed by atoms with van der Waals surface area (Å²) >= 11 is 0. The van der Waals surface area contributed by atoms with E-state index in [-0.39, 0.29) is 0 Å². The molecule has 2 heteroatoms. The first-order valence-electron chi connectivity index (χ1n) is 8.86. The van der Waals surface area contributed by atoms with Crippen molar-refractivity contribution in [3.05, 3.63) is 48.0 Å². The number of hydrogen-bond acceptors (Lipinski definition) is 2. The summed E-state index contributed by atoms with van der Waals surface area (Å²) in [4.78, 5) is 4.73. The Balaban J connectivity index is 1.76. The number of unbranched alkanes of at least 4 members (excludes halogenated alkanes) is 5. The molecule has 3 aromatic rings. The number of nitrogens with two attached hydrogens (primary N) is 1. The number of fused-ring (bicyclic) bond motifs is 2. The third-order valence-corrected chi connectivity index (χ3v) is 4.61. The van der Waals surface area contributed by atoms with Crippen molar-refractivity contribution >= 4 is 27.5 Å². The van der Waals surface area contributed by atoms with Gasteiger partial charge in [0.1, 0.15) is 0 Å². The highest BCUT2D eigenvalue weighted by Gasteiger charge is 2.06. The zero-order valence-electron chi connectivity index (χ0n) is 14.0. The summed E-state index contributed by atoms with van der Waals surface area (Å²) < 4.78 is 0. The number of nitrogens with zero attached hydrogens (tertiary/aromatic N) is 1. The summed E-state index contributed by atoms with van der Waals surface area (Å²) in [6.07, 6.45) is 9.12. The number of rotatable bonds is 7. The molecule has 0 amide bonds. The zero-order chi connectivity index (χ0) is 16.1. The molecule has 0 fully saturated rings. The maximum atomic E-state index is 6.39. The lowest BCUT2D eigenvalue weighted by atomic mass is 10.0. The first kappa shape index (κ1) is 15.8. The molecule has 0 radical (unpaired) electrons. The fourth-order valence-electron chi connectivity index (χ4n) is 3.24. The summed E-state index contributed by atoms with van der Waals surface area (Å²) in [6.45, 7) is 2.26. The van der Waals surface area contributed by atoms with Crippen LogP contribution in [0.4, 0.5) is 5.69 Å². The van der Waals surface area contributed by atoms with Crippen LogP contribution in [0.5, 0.6) is 0 Å². The molecule has 1 aromatic heterocycles. The van der Waals surface area contributed by atoms with Crippen molar-refractivity contribution in [3.63, 3.8) is 0 Å². The topological polar surface area (TPSA) is 38.9 Å². The van der Waals surface area contributed by atoms with Crippen molar-refractivity contribution in [1.29, 1.82) is 0 Å². The standard InChI is InChI=1S/C21H26N2/c1-2-3-4-5-6-7-10-16-13-14-20-18(15-16)21(22)17-11-8-9-12-19(17)23-20/h8-9,11-15H,2-7,10H2,1H3,(H2,22,23). The average Bonchev–Trinajstić information content (AvgIpc) is 2.59. The van der Waals surface area contributed by atoms with E-state index in [4.69, 9.17) is 10.7 Å². The van der Waals surface area contributed by atoms with E-state index in [0.717, 1.165) is 33.9 Å². The number of hydrogen-bond donors (Lipinski definition) is 1. The van der Waals surface area contributed by atoms with Gasteiger partial charge in [0.2, 0.25) is 0 Å². The lowest BCUT2D eigenvalue weighted by Gasteiger charge is -2.09. The Morgan fingerprint density at radius 1 is 0.826 bits per heavy atom. The smallest absolute Gasteiger partial charge is 0.0730 e. The van der Waals surface area contributed by atoms with Crippen LogP contribution in [-0.4, -0.2) is 4.98 Å². The Kier molecular flexibility index (Phi) is 5.12. The molecule has 0 bridgehead atoms. The minimum Gasteiger partial charge on any atom is -0.398 e. The molecule has 0 unspecified atom stereocenters. The maximum Gasteiger partial charge on any atom is 0.0730 e. The highest BCUT2D eigenvalue weighted by atomic mass is 14.7. The van der Waals surface area contributed by atoms with Gasteiger partial charge < -0.3 is 5.73 Å². The minimum atomic E-state index is 0.857. The molecule has 0 aliphatic rings. The van der Waals surface area contributed by atoms with Crippen LogP contribution >= 0.6 is 0 Å². The van der Waals surface area contributed by atoms with Crippen molar-refractivity contribution < 1.29 is 0 Å². The summed E-state index contributed by atoms with van der Waals surface area (Å²) in [6, 6.07) is 14.7. The summed E-state index contributed by atoms with van der Waals surface area (Å²) in [5, 5.41) is 2.14. The van der Waals surface area contributed by atoms with Gasteiger partial charge in [0.05, 0.1) is 16.7 Å². The van der Waals surface area contributed by atoms with Crippen LogP contribution in [0.25, 0.3) is 21.8 Å². The van der Waals surface area contributed by atoms with Gasteiger partial charge in [0.25, 0.3) is 0 Å². The van der Waals surface area contributed by atoms with Gasteiger partial charge in [0.15, 0.2) is 0 Å². The van der Waals surface area contributed by atoms with Gasteiger partial charge >= 0.3 is 0 Å². The van der Waals surface area contributed by atoms with Gasteiger partial charge in [-0.3, -0.25) is 0 Å². The monoisotopic (exact) mass is 306 g/mol. The molecule has 0 saturated carbocycles. The molecule has 0 atom stereocenters. The zero-order valence-corrected chi connectivity index (χ0v) is 14.0. The molecule has 0 aliphatic carbocycles. The molecule has 1 heterocycles. The molecular weight excluding hydrogens is 280 g/mol. The first-order chi connectivity index (χ1) is 11.3. The molecule has 2 aromatic carbocycles. The molecule has 0 spiro atoms. The number of pyridine rings is 1. The highest BCUT2D eigenvalue weighted by Crippen LogP contribution is 2.29. The molecule has 2 N–H and O–H groups in total. The van der Waals surface area contributed by atoms with Crippen LogP contribution in [0.3, 0.4) is 0 Å². The van der Waals surface area contributed by atoms with Crippen molar-refractivity contribution in [2.45, 2.75) is 51.9 Å². The van der Waals surface area contributed by atoms with E-state index >= 15 is 0 Å². The van der Waals surface area contributed by atoms with Gasteiger partial charge in [-0.1, -0.05) is 63.3 Å². The van der Waals surface area contributed by atoms with E-state index in [1.807, 2.05) is 18.2 Å². The number of aromatic nitrogens is 1. The normalized spacial score (nSPS) is 11.3. The van der Waals surface area contributed by atoms with Crippen LogP contribution < -0.4 is 5.73 Å². The Labute approximate surface area is 138 Å². The van der Waals surface area contributed by atoms with Crippen LogP contribution in [-0.2, 0) is 6.42 Å². The van der Waals surface area contributed by atoms with E-state index in [0.29, 0.717) is 0 Å². The Morgan fingerprint density at radius 2 is 1.57 bits per heavy atom. The summed E-state index contributed by atoms with van der Waals surface area (Å²) in [5.41, 5.74) is 10.6. The molecular formula is C21H26N2. The third kappa shape index (κ3) is 3.64. The maximum absolute atomic E-state index is 6.39. The number of para-hydroxylation sites is 1. The molecule has 0 aliphatic heterocycles. The molecule has 2 nitrogen and oxygen atoms in total. The molecule has 23 heavy (non-hydrogen) atoms. The SMILES string of the molecule is CCCCCCCCc1ccc2nc3ccccc3c(N)c2c1. The third-order valence-electron chi connectivity index (χ3n) is 4.61. The van der Waals surface area contributed by atoms with Crippen molar-refractivity contribution in [2.75, 3.05) is 5.73 Å². The van der Waals surface area contributed by atoms with Crippen molar-refractivity contribution in [3.8, 4) is 0 Å². The highest BCUT2D eigenvalue weighted by molar-refractivity contribution is 6.06. The van der Waals surface area contributed by atoms with Gasteiger partial charge in [0, 0.05) is 10.8 Å². The van der Waals surface area contributed by atoms with Crippen LogP contribution in [0.1, 0.15) is 51.0 Å². The van der Waals surface area contributed by atoms with E-state index in [9.17, 15) is 0 Å². The fourth-order valence-corrected chi connectivity index (χ4v) is 3.24. The van der Waals surface area contributed by atoms with Crippen molar-refractivity contribution in [1.82, 2.24) is 4.98 Å². The number of nitrogen functional groups attached to an aromatic ring is 1. The molecule has 3 rings (SSSR count). The quantitative estimate of drug-likeness (QED) is 0.437. The van der Waals surface area contributed by atoms with Gasteiger partial charge in [-0.2, -0.15) is 0 Å². The van der Waals surface area contributed by atoms with Crippen LogP contribution in [0.2, 0.25) is 0 Å². The van der Waals surface area contributed by atoms with E-state index in [1.165, 1.54) is 44.1 Å². The minimum absolute atomic E-state index is 0.857. The van der Waals surface area contributed by atoms with Crippen LogP contribution in [0, 0.1) is 0 Å². The van der Waals surface area contributed by atoms with E-state index < -0.39 is 0 Å². The Morgan fingerprint density at radius 3 is 2.43 bits per heavy atom. The lowest BCUT2D eigenvalue weighted by molar-refractivity contribution is 0.607. The first-order valence-corrected chi connectivity index (χ1v) is 8.86. The molecule has 120 valence electrons. The van der Waals surface area contributed by atoms with Gasteiger partial charge in [-0.15, -0.1) is 0 Å². The largest absolute Gasteiger partial charge is 0.398 e.